The molecule has 1 aromatic rings. The van der Waals surface area contributed by atoms with Crippen LogP contribution in [0.1, 0.15) is 27.2 Å². The van der Waals surface area contributed by atoms with Gasteiger partial charge in [0.1, 0.15) is 11.8 Å². The fourth-order valence-corrected chi connectivity index (χ4v) is 9.32. The quantitative estimate of drug-likeness (QED) is 0.391. The summed E-state index contributed by atoms with van der Waals surface area (Å²) < 4.78 is 10.2. The number of thioether (sulfide) groups is 1. The molecule has 1 aromatic carbocycles. The van der Waals surface area contributed by atoms with E-state index in [0.717, 1.165) is 25.3 Å². The van der Waals surface area contributed by atoms with E-state index in [2.05, 4.69) is 22.5 Å². The number of nitrogens with one attached hydrogen (secondary N) is 2. The molecular weight excluding hydrogens is 520 g/mol. The number of ether oxygens (including phenoxy) is 2. The maximum Gasteiger partial charge on any atom is 0.244 e. The number of carbonyl (C=O) groups excluding carboxylic acids is 3. The third-order valence-corrected chi connectivity index (χ3v) is 10.8. The summed E-state index contributed by atoms with van der Waals surface area (Å²) in [5.74, 6) is -0.991. The molecule has 0 saturated carbocycles. The molecule has 214 valence electrons. The van der Waals surface area contributed by atoms with Crippen LogP contribution in [-0.4, -0.2) is 107 Å². The fourth-order valence-electron chi connectivity index (χ4n) is 6.91. The van der Waals surface area contributed by atoms with Crippen LogP contribution in [0.3, 0.4) is 0 Å². The average Bonchev–Trinajstić information content (AvgIpc) is 3.53. The fraction of sp³-hybridized carbons (Fsp3) is 0.679. The van der Waals surface area contributed by atoms with Crippen molar-refractivity contribution in [1.29, 1.82) is 0 Å². The summed E-state index contributed by atoms with van der Waals surface area (Å²) in [6.07, 6.45) is 0.759. The minimum Gasteiger partial charge on any atom is -0.494 e. The lowest BCUT2D eigenvalue weighted by atomic mass is 9.66. The molecule has 5 rings (SSSR count). The van der Waals surface area contributed by atoms with Gasteiger partial charge in [-0.3, -0.25) is 19.3 Å². The predicted molar refractivity (Wildman–Crippen MR) is 149 cm³/mol. The van der Waals surface area contributed by atoms with Crippen LogP contribution in [0.25, 0.3) is 0 Å². The summed E-state index contributed by atoms with van der Waals surface area (Å²) in [5, 5.41) is 16.1. The Kier molecular flexibility index (Phi) is 8.42. The number of benzene rings is 1. The second-order valence-electron chi connectivity index (χ2n) is 11.0. The van der Waals surface area contributed by atoms with Crippen LogP contribution in [-0.2, 0) is 19.1 Å². The van der Waals surface area contributed by atoms with Crippen molar-refractivity contribution >= 4 is 35.2 Å². The zero-order chi connectivity index (χ0) is 27.7. The molecule has 10 nitrogen and oxygen atoms in total. The molecule has 0 radical (unpaired) electrons. The summed E-state index contributed by atoms with van der Waals surface area (Å²) in [6.45, 7) is 10.3. The van der Waals surface area contributed by atoms with Crippen LogP contribution in [0, 0.1) is 17.8 Å². The van der Waals surface area contributed by atoms with Gasteiger partial charge in [-0.15, -0.1) is 11.8 Å². The standard InChI is InChI=1S/C28H40N4O6S/c1-4-38-20-7-5-19(6-8-20)30-25(34)22-21-15-17(2)28(39-21)23(22)27(36)32(18(3)16-33)24(28)26(35)29-9-10-31-11-13-37-14-12-31/h5-8,17-18,21-24,33H,4,9-16H2,1-3H3,(H,29,35)(H,30,34)/t17?,18-,21+,22-,23+,24?,28?/m1/s1. The number of amides is 3. The highest BCUT2D eigenvalue weighted by atomic mass is 32.2. The van der Waals surface area contributed by atoms with E-state index < -0.39 is 28.7 Å². The minimum absolute atomic E-state index is 0.0492. The first-order valence-corrected chi connectivity index (χ1v) is 14.9. The van der Waals surface area contributed by atoms with Gasteiger partial charge in [0, 0.05) is 37.1 Å². The van der Waals surface area contributed by atoms with Crippen molar-refractivity contribution in [3.05, 3.63) is 24.3 Å². The van der Waals surface area contributed by atoms with Gasteiger partial charge in [0.15, 0.2) is 0 Å². The molecular formula is C28H40N4O6S. The maximum atomic E-state index is 14.0. The molecule has 0 aliphatic carbocycles. The number of anilines is 1. The number of aliphatic hydroxyl groups excluding tert-OH is 1. The normalized spacial score (nSPS) is 32.7. The zero-order valence-electron chi connectivity index (χ0n) is 22.9. The number of rotatable bonds is 10. The number of hydrogen-bond donors (Lipinski definition) is 3. The van der Waals surface area contributed by atoms with Crippen molar-refractivity contribution in [1.82, 2.24) is 15.1 Å². The Morgan fingerprint density at radius 3 is 2.62 bits per heavy atom. The van der Waals surface area contributed by atoms with Crippen molar-refractivity contribution in [2.24, 2.45) is 17.8 Å². The highest BCUT2D eigenvalue weighted by Crippen LogP contribution is 2.68. The Morgan fingerprint density at radius 1 is 1.23 bits per heavy atom. The monoisotopic (exact) mass is 560 g/mol. The molecule has 3 N–H and O–H groups in total. The van der Waals surface area contributed by atoms with Crippen molar-refractivity contribution in [2.45, 2.75) is 49.3 Å². The van der Waals surface area contributed by atoms with Gasteiger partial charge in [0.25, 0.3) is 0 Å². The van der Waals surface area contributed by atoms with Crippen molar-refractivity contribution in [3.63, 3.8) is 0 Å². The molecule has 11 heteroatoms. The summed E-state index contributed by atoms with van der Waals surface area (Å²) in [4.78, 5) is 45.4. The molecule has 4 aliphatic heterocycles. The van der Waals surface area contributed by atoms with Crippen molar-refractivity contribution in [3.8, 4) is 5.75 Å². The van der Waals surface area contributed by atoms with E-state index in [9.17, 15) is 19.5 Å². The maximum absolute atomic E-state index is 14.0. The van der Waals surface area contributed by atoms with Crippen LogP contribution in [0.15, 0.2) is 24.3 Å². The van der Waals surface area contributed by atoms with Gasteiger partial charge in [-0.2, -0.15) is 0 Å². The lowest BCUT2D eigenvalue weighted by molar-refractivity contribution is -0.141. The number of carbonyl (C=O) groups is 3. The molecule has 1 spiro atoms. The molecule has 2 bridgehead atoms. The third-order valence-electron chi connectivity index (χ3n) is 8.74. The number of fused-ring (bicyclic) bond motifs is 1. The largest absolute Gasteiger partial charge is 0.494 e. The Hall–Kier alpha value is -2.34. The summed E-state index contributed by atoms with van der Waals surface area (Å²) >= 11 is 1.63. The minimum atomic E-state index is -0.741. The van der Waals surface area contributed by atoms with Gasteiger partial charge in [0.05, 0.1) is 49.1 Å². The highest BCUT2D eigenvalue weighted by Gasteiger charge is 2.76. The van der Waals surface area contributed by atoms with E-state index in [1.165, 1.54) is 0 Å². The van der Waals surface area contributed by atoms with Gasteiger partial charge in [0.2, 0.25) is 17.7 Å². The van der Waals surface area contributed by atoms with E-state index in [4.69, 9.17) is 9.47 Å². The van der Waals surface area contributed by atoms with E-state index in [1.807, 2.05) is 6.92 Å². The Labute approximate surface area is 234 Å². The molecule has 4 fully saturated rings. The molecule has 0 aromatic heterocycles. The molecule has 3 amide bonds. The molecule has 4 saturated heterocycles. The molecule has 3 unspecified atom stereocenters. The molecule has 4 aliphatic rings. The molecule has 39 heavy (non-hydrogen) atoms. The topological polar surface area (TPSA) is 120 Å². The van der Waals surface area contributed by atoms with E-state index >= 15 is 0 Å². The number of likely N-dealkylation sites (tertiary alicyclic amines) is 1. The summed E-state index contributed by atoms with van der Waals surface area (Å²) in [6, 6.07) is 5.93. The van der Waals surface area contributed by atoms with Crippen LogP contribution in [0.5, 0.6) is 5.75 Å². The Morgan fingerprint density at radius 2 is 1.95 bits per heavy atom. The van der Waals surface area contributed by atoms with Crippen LogP contribution in [0.2, 0.25) is 0 Å². The van der Waals surface area contributed by atoms with Crippen molar-refractivity contribution in [2.75, 3.05) is 57.9 Å². The third kappa shape index (κ3) is 5.03. The van der Waals surface area contributed by atoms with Gasteiger partial charge in [-0.1, -0.05) is 6.92 Å². The SMILES string of the molecule is CCOc1ccc(NC(=O)[C@@H]2[C@@H]3CC(C)C4(S3)C(C(=O)NCCN3CCOCC3)N([C@H](C)CO)C(=O)[C@H]24)cc1. The van der Waals surface area contributed by atoms with E-state index in [1.54, 1.807) is 47.9 Å². The summed E-state index contributed by atoms with van der Waals surface area (Å²) in [5.41, 5.74) is 0.641. The average molecular weight is 561 g/mol. The van der Waals surface area contributed by atoms with Gasteiger partial charge in [-0.05, 0) is 50.5 Å². The van der Waals surface area contributed by atoms with E-state index in [0.29, 0.717) is 38.6 Å². The lowest BCUT2D eigenvalue weighted by Crippen LogP contribution is -2.58. The van der Waals surface area contributed by atoms with Crippen LogP contribution >= 0.6 is 11.8 Å². The molecule has 4 heterocycles. The van der Waals surface area contributed by atoms with E-state index in [-0.39, 0.29) is 35.5 Å². The lowest BCUT2D eigenvalue weighted by Gasteiger charge is -2.39. The van der Waals surface area contributed by atoms with Crippen LogP contribution in [0.4, 0.5) is 5.69 Å². The van der Waals surface area contributed by atoms with Gasteiger partial charge >= 0.3 is 0 Å². The van der Waals surface area contributed by atoms with Gasteiger partial charge in [-0.25, -0.2) is 0 Å². The number of aliphatic hydroxyl groups is 1. The van der Waals surface area contributed by atoms with Gasteiger partial charge < -0.3 is 30.1 Å². The summed E-state index contributed by atoms with van der Waals surface area (Å²) in [7, 11) is 0. The smallest absolute Gasteiger partial charge is 0.244 e. The number of nitrogens with zero attached hydrogens (tertiary/aromatic N) is 2. The van der Waals surface area contributed by atoms with Crippen molar-refractivity contribution < 1.29 is 29.0 Å². The highest BCUT2D eigenvalue weighted by molar-refractivity contribution is 8.02. The zero-order valence-corrected chi connectivity index (χ0v) is 23.7. The second-order valence-corrected chi connectivity index (χ2v) is 12.6. The first-order valence-electron chi connectivity index (χ1n) is 14.0. The first kappa shape index (κ1) is 28.2. The number of morpholine rings is 1. The first-order chi connectivity index (χ1) is 18.8. The van der Waals surface area contributed by atoms with Crippen LogP contribution < -0.4 is 15.4 Å². The Bertz CT molecular complexity index is 1070. The number of hydrogen-bond acceptors (Lipinski definition) is 8. The molecule has 7 atom stereocenters. The second kappa shape index (κ2) is 11.6. The Balaban J connectivity index is 1.36. The predicted octanol–water partition coefficient (Wildman–Crippen LogP) is 1.19.